The number of rotatable bonds is 7. The molecule has 1 amide bonds. The van der Waals surface area contributed by atoms with Crippen molar-refractivity contribution >= 4 is 22.5 Å². The van der Waals surface area contributed by atoms with Crippen LogP contribution < -0.4 is 9.64 Å². The minimum absolute atomic E-state index is 0.131. The second kappa shape index (κ2) is 10.5. The fourth-order valence-electron chi connectivity index (χ4n) is 4.09. The summed E-state index contributed by atoms with van der Waals surface area (Å²) in [6, 6.07) is 24.1. The van der Waals surface area contributed by atoms with Crippen molar-refractivity contribution in [1.82, 2.24) is 9.97 Å². The van der Waals surface area contributed by atoms with Gasteiger partial charge in [0.2, 0.25) is 5.91 Å². The smallest absolute Gasteiger partial charge is 0.231 e. The summed E-state index contributed by atoms with van der Waals surface area (Å²) in [7, 11) is 1.63. The highest BCUT2D eigenvalue weighted by molar-refractivity contribution is 5.98. The Labute approximate surface area is 213 Å². The van der Waals surface area contributed by atoms with Crippen molar-refractivity contribution in [2.24, 2.45) is 0 Å². The number of benzene rings is 3. The van der Waals surface area contributed by atoms with Gasteiger partial charge in [-0.2, -0.15) is 0 Å². The maximum atomic E-state index is 14.1. The van der Waals surface area contributed by atoms with Crippen molar-refractivity contribution in [3.05, 3.63) is 120 Å². The first-order valence-corrected chi connectivity index (χ1v) is 11.7. The van der Waals surface area contributed by atoms with Crippen LogP contribution in [0.1, 0.15) is 11.3 Å². The van der Waals surface area contributed by atoms with E-state index in [9.17, 15) is 13.6 Å². The molecule has 184 valence electrons. The molecule has 3 aromatic carbocycles. The molecule has 0 saturated carbocycles. The number of nitrogens with zero attached hydrogens (tertiary/aromatic N) is 3. The summed E-state index contributed by atoms with van der Waals surface area (Å²) in [5.41, 5.74) is 4.03. The predicted molar refractivity (Wildman–Crippen MR) is 139 cm³/mol. The Morgan fingerprint density at radius 3 is 2.54 bits per heavy atom. The van der Waals surface area contributed by atoms with Gasteiger partial charge in [0, 0.05) is 36.5 Å². The molecule has 0 aliphatic carbocycles. The molecule has 5 nitrogen and oxygen atoms in total. The molecule has 5 aromatic rings. The lowest BCUT2D eigenvalue weighted by Gasteiger charge is -2.22. The van der Waals surface area contributed by atoms with Crippen LogP contribution in [-0.2, 0) is 17.8 Å². The number of fused-ring (bicyclic) bond motifs is 1. The van der Waals surface area contributed by atoms with E-state index >= 15 is 0 Å². The van der Waals surface area contributed by atoms with Crippen LogP contribution in [0.3, 0.4) is 0 Å². The number of carbonyl (C=O) groups is 1. The lowest BCUT2D eigenvalue weighted by atomic mass is 10.0. The number of amides is 1. The number of carbonyl (C=O) groups excluding carboxylic acids is 1. The molecule has 5 rings (SSSR count). The van der Waals surface area contributed by atoms with Gasteiger partial charge in [-0.3, -0.25) is 9.78 Å². The predicted octanol–water partition coefficient (Wildman–Crippen LogP) is 6.36. The average Bonchev–Trinajstić information content (AvgIpc) is 2.93. The van der Waals surface area contributed by atoms with E-state index in [1.807, 2.05) is 54.6 Å². The number of hydrogen-bond donors (Lipinski definition) is 0. The molecule has 7 heteroatoms. The van der Waals surface area contributed by atoms with Gasteiger partial charge in [-0.05, 0) is 59.7 Å². The number of pyridine rings is 2. The summed E-state index contributed by atoms with van der Waals surface area (Å²) < 4.78 is 33.5. The maximum Gasteiger partial charge on any atom is 0.231 e. The number of likely N-dealkylation sites (N-methyl/N-ethyl adjacent to an activating group) is 1. The van der Waals surface area contributed by atoms with Crippen LogP contribution >= 0.6 is 0 Å². The van der Waals surface area contributed by atoms with E-state index in [0.717, 1.165) is 39.9 Å². The Kier molecular flexibility index (Phi) is 6.85. The molecular weight excluding hydrogens is 472 g/mol. The summed E-state index contributed by atoms with van der Waals surface area (Å²) in [6.07, 6.45) is 3.13. The second-order valence-corrected chi connectivity index (χ2v) is 8.56. The van der Waals surface area contributed by atoms with Crippen LogP contribution in [0, 0.1) is 11.6 Å². The Balaban J connectivity index is 1.40. The highest BCUT2D eigenvalue weighted by Crippen LogP contribution is 2.34. The number of para-hydroxylation sites is 1. The monoisotopic (exact) mass is 495 g/mol. The van der Waals surface area contributed by atoms with Gasteiger partial charge >= 0.3 is 0 Å². The summed E-state index contributed by atoms with van der Waals surface area (Å²) in [5.74, 6) is -1.16. The number of aromatic nitrogens is 2. The van der Waals surface area contributed by atoms with Gasteiger partial charge in [-0.25, -0.2) is 13.8 Å². The molecule has 0 atom stereocenters. The van der Waals surface area contributed by atoms with E-state index < -0.39 is 11.6 Å². The second-order valence-electron chi connectivity index (χ2n) is 8.56. The molecule has 37 heavy (non-hydrogen) atoms. The molecule has 0 unspecified atom stereocenters. The number of hydrogen-bond acceptors (Lipinski definition) is 4. The van der Waals surface area contributed by atoms with E-state index in [2.05, 4.69) is 9.97 Å². The molecular formula is C30H23F2N3O2. The lowest BCUT2D eigenvalue weighted by Crippen LogP contribution is -2.28. The highest BCUT2D eigenvalue weighted by Gasteiger charge is 2.19. The van der Waals surface area contributed by atoms with Crippen molar-refractivity contribution in [3.8, 4) is 16.9 Å². The normalized spacial score (nSPS) is 10.9. The summed E-state index contributed by atoms with van der Waals surface area (Å²) in [4.78, 5) is 23.3. The average molecular weight is 496 g/mol. The summed E-state index contributed by atoms with van der Waals surface area (Å²) in [5, 5.41) is 1.06. The van der Waals surface area contributed by atoms with Crippen LogP contribution in [0.25, 0.3) is 22.0 Å². The van der Waals surface area contributed by atoms with Gasteiger partial charge < -0.3 is 9.64 Å². The third kappa shape index (κ3) is 5.46. The molecule has 0 bridgehead atoms. The zero-order valence-corrected chi connectivity index (χ0v) is 20.1. The third-order valence-corrected chi connectivity index (χ3v) is 6.09. The molecule has 0 radical (unpaired) electrons. The van der Waals surface area contributed by atoms with Crippen molar-refractivity contribution in [1.29, 1.82) is 0 Å². The van der Waals surface area contributed by atoms with Crippen LogP contribution in [0.2, 0.25) is 0 Å². The molecule has 2 aromatic heterocycles. The maximum absolute atomic E-state index is 14.1. The highest BCUT2D eigenvalue weighted by atomic mass is 19.1. The molecule has 0 fully saturated rings. The summed E-state index contributed by atoms with van der Waals surface area (Å²) in [6.45, 7) is 0.276. The van der Waals surface area contributed by atoms with Gasteiger partial charge in [0.25, 0.3) is 0 Å². The van der Waals surface area contributed by atoms with Crippen molar-refractivity contribution in [3.63, 3.8) is 0 Å². The topological polar surface area (TPSA) is 55.3 Å². The van der Waals surface area contributed by atoms with E-state index in [0.29, 0.717) is 11.4 Å². The van der Waals surface area contributed by atoms with Crippen molar-refractivity contribution in [2.75, 3.05) is 11.9 Å². The first-order chi connectivity index (χ1) is 18.0. The van der Waals surface area contributed by atoms with Gasteiger partial charge in [0.05, 0.1) is 23.3 Å². The fourth-order valence-corrected chi connectivity index (χ4v) is 4.09. The van der Waals surface area contributed by atoms with E-state index in [1.165, 1.54) is 11.0 Å². The van der Waals surface area contributed by atoms with Crippen molar-refractivity contribution in [2.45, 2.75) is 13.0 Å². The third-order valence-electron chi connectivity index (χ3n) is 6.09. The minimum atomic E-state index is -0.748. The minimum Gasteiger partial charge on any atom is -0.487 e. The number of anilines is 1. The van der Waals surface area contributed by atoms with Crippen LogP contribution in [0.4, 0.5) is 14.5 Å². The zero-order valence-electron chi connectivity index (χ0n) is 20.1. The van der Waals surface area contributed by atoms with E-state index in [-0.39, 0.29) is 24.5 Å². The zero-order chi connectivity index (χ0) is 25.8. The molecule has 0 aliphatic rings. The quantitative estimate of drug-likeness (QED) is 0.264. The van der Waals surface area contributed by atoms with E-state index in [4.69, 9.17) is 4.74 Å². The van der Waals surface area contributed by atoms with Crippen LogP contribution in [0.5, 0.6) is 5.75 Å². The van der Waals surface area contributed by atoms with Crippen molar-refractivity contribution < 1.29 is 18.3 Å². The summed E-state index contributed by atoms with van der Waals surface area (Å²) >= 11 is 0. The lowest BCUT2D eigenvalue weighted by molar-refractivity contribution is -0.117. The molecule has 0 spiro atoms. The molecule has 0 aliphatic heterocycles. The Bertz CT molecular complexity index is 1570. The van der Waals surface area contributed by atoms with Gasteiger partial charge in [0.15, 0.2) is 0 Å². The first-order valence-electron chi connectivity index (χ1n) is 11.7. The van der Waals surface area contributed by atoms with Crippen LogP contribution in [0.15, 0.2) is 97.3 Å². The Morgan fingerprint density at radius 1 is 0.919 bits per heavy atom. The number of ether oxygens (including phenoxy) is 1. The van der Waals surface area contributed by atoms with E-state index in [1.54, 1.807) is 31.6 Å². The largest absolute Gasteiger partial charge is 0.487 e. The first kappa shape index (κ1) is 24.1. The molecule has 0 N–H and O–H groups in total. The van der Waals surface area contributed by atoms with Gasteiger partial charge in [-0.15, -0.1) is 0 Å². The Hall–Kier alpha value is -4.65. The molecule has 0 saturated heterocycles. The SMILES string of the molecule is CN(C(=O)Cc1ccc(F)cc1F)c1ccc(OCc2ccc3ccccc3n2)cc1-c1ccncc1. The standard InChI is InChI=1S/C30H23F2N3O2/c1-35(30(36)16-22-6-8-23(31)17-27(22)32)29-11-10-25(18-26(29)20-12-14-33-15-13-20)37-19-24-9-7-21-4-2-3-5-28(21)34-24/h2-15,17-18H,16,19H2,1H3. The van der Waals surface area contributed by atoms with Gasteiger partial charge in [-0.1, -0.05) is 30.3 Å². The fraction of sp³-hybridized carbons (Fsp3) is 0.100. The Morgan fingerprint density at radius 2 is 1.73 bits per heavy atom. The van der Waals surface area contributed by atoms with Gasteiger partial charge in [0.1, 0.15) is 24.0 Å². The molecule has 2 heterocycles. The van der Waals surface area contributed by atoms with Crippen LogP contribution in [-0.4, -0.2) is 22.9 Å². The number of halogens is 2.